The summed E-state index contributed by atoms with van der Waals surface area (Å²) in [6.45, 7) is 3.79. The van der Waals surface area contributed by atoms with Crippen molar-refractivity contribution in [2.75, 3.05) is 0 Å². The van der Waals surface area contributed by atoms with E-state index in [0.29, 0.717) is 5.92 Å². The highest BCUT2D eigenvalue weighted by Crippen LogP contribution is 2.46. The first-order valence-corrected chi connectivity index (χ1v) is 8.29. The number of hydrogen-bond donors (Lipinski definition) is 0. The fraction of sp³-hybridized carbons (Fsp3) is 0.368. The summed E-state index contributed by atoms with van der Waals surface area (Å²) in [5, 5.41) is 6.25. The molecule has 1 aliphatic heterocycles. The summed E-state index contributed by atoms with van der Waals surface area (Å²) in [6, 6.07) is 7.44. The van der Waals surface area contributed by atoms with Gasteiger partial charge in [0.05, 0.1) is 18.2 Å². The van der Waals surface area contributed by atoms with Crippen LogP contribution in [-0.4, -0.2) is 16.6 Å². The van der Waals surface area contributed by atoms with Crippen molar-refractivity contribution in [2.24, 2.45) is 16.9 Å². The molecule has 0 bridgehead atoms. The van der Waals surface area contributed by atoms with Crippen molar-refractivity contribution in [2.45, 2.75) is 32.7 Å². The van der Waals surface area contributed by atoms with Gasteiger partial charge in [-0.25, -0.2) is 5.01 Å². The number of carbonyl (C=O) groups is 1. The minimum absolute atomic E-state index is 0.0664. The van der Waals surface area contributed by atoms with Gasteiger partial charge in [0.15, 0.2) is 0 Å². The number of hydrazone groups is 1. The number of amides is 1. The molecule has 1 saturated carbocycles. The molecule has 3 atom stereocenters. The lowest BCUT2D eigenvalue weighted by atomic mass is 9.74. The zero-order valence-corrected chi connectivity index (χ0v) is 13.8. The molecule has 2 aromatic rings. The summed E-state index contributed by atoms with van der Waals surface area (Å²) in [4.78, 5) is 12.1. The Balaban J connectivity index is 1.77. The molecule has 5 nitrogen and oxygen atoms in total. The number of hydrogen-bond acceptors (Lipinski definition) is 4. The normalized spacial score (nSPS) is 28.1. The molecule has 0 aromatic carbocycles. The molecule has 1 aliphatic carbocycles. The molecular formula is C19H20N2O3. The van der Waals surface area contributed by atoms with E-state index in [0.717, 1.165) is 35.6 Å². The van der Waals surface area contributed by atoms with Crippen LogP contribution in [0.15, 0.2) is 56.3 Å². The van der Waals surface area contributed by atoms with Gasteiger partial charge in [-0.3, -0.25) is 4.79 Å². The molecule has 5 heteroatoms. The molecule has 2 aromatic heterocycles. The minimum Gasteiger partial charge on any atom is -0.467 e. The van der Waals surface area contributed by atoms with Gasteiger partial charge in [0.1, 0.15) is 17.6 Å². The molecule has 0 unspecified atom stereocenters. The number of nitrogens with zero attached hydrogens (tertiary/aromatic N) is 2. The molecule has 0 spiro atoms. The fourth-order valence-electron chi connectivity index (χ4n) is 3.83. The van der Waals surface area contributed by atoms with Crippen LogP contribution in [0.4, 0.5) is 0 Å². The van der Waals surface area contributed by atoms with E-state index in [9.17, 15) is 4.79 Å². The first-order valence-electron chi connectivity index (χ1n) is 8.29. The fourth-order valence-corrected chi connectivity index (χ4v) is 3.83. The van der Waals surface area contributed by atoms with Crippen LogP contribution in [0, 0.1) is 11.8 Å². The van der Waals surface area contributed by atoms with Crippen LogP contribution in [0.3, 0.4) is 0 Å². The van der Waals surface area contributed by atoms with E-state index in [2.05, 4.69) is 12.0 Å². The predicted molar refractivity (Wildman–Crippen MR) is 90.0 cm³/mol. The Morgan fingerprint density at radius 2 is 2.08 bits per heavy atom. The SMILES string of the molecule is CC(=O)N1N=C2/C(=C\c3ccco3)C[C@H](C)C[C@@H]2[C@H]1c1ccco1. The second-order valence-electron chi connectivity index (χ2n) is 6.65. The van der Waals surface area contributed by atoms with E-state index in [4.69, 9.17) is 8.83 Å². The molecular weight excluding hydrogens is 304 g/mol. The summed E-state index contributed by atoms with van der Waals surface area (Å²) < 4.78 is 11.1. The van der Waals surface area contributed by atoms with E-state index in [-0.39, 0.29) is 17.9 Å². The maximum absolute atomic E-state index is 12.1. The Hall–Kier alpha value is -2.56. The van der Waals surface area contributed by atoms with Crippen LogP contribution in [-0.2, 0) is 4.79 Å². The van der Waals surface area contributed by atoms with Crippen molar-refractivity contribution in [1.29, 1.82) is 0 Å². The zero-order chi connectivity index (χ0) is 16.7. The summed E-state index contributed by atoms with van der Waals surface area (Å²) in [5.41, 5.74) is 2.13. The zero-order valence-electron chi connectivity index (χ0n) is 13.8. The molecule has 124 valence electrons. The third-order valence-corrected chi connectivity index (χ3v) is 4.78. The van der Waals surface area contributed by atoms with Crippen molar-refractivity contribution in [3.8, 4) is 0 Å². The Morgan fingerprint density at radius 3 is 2.75 bits per heavy atom. The molecule has 0 saturated heterocycles. The van der Waals surface area contributed by atoms with Crippen LogP contribution in [0.25, 0.3) is 6.08 Å². The van der Waals surface area contributed by atoms with Gasteiger partial charge < -0.3 is 8.83 Å². The van der Waals surface area contributed by atoms with Crippen LogP contribution >= 0.6 is 0 Å². The average molecular weight is 324 g/mol. The molecule has 4 rings (SSSR count). The first kappa shape index (κ1) is 15.0. The lowest BCUT2D eigenvalue weighted by molar-refractivity contribution is -0.131. The van der Waals surface area contributed by atoms with Crippen LogP contribution in [0.1, 0.15) is 44.3 Å². The van der Waals surface area contributed by atoms with Crippen LogP contribution in [0.5, 0.6) is 0 Å². The number of carbonyl (C=O) groups excluding carboxylic acids is 1. The van der Waals surface area contributed by atoms with Crippen molar-refractivity contribution in [3.63, 3.8) is 0 Å². The molecule has 2 aliphatic rings. The van der Waals surface area contributed by atoms with Gasteiger partial charge in [-0.1, -0.05) is 6.92 Å². The van der Waals surface area contributed by atoms with Gasteiger partial charge >= 0.3 is 0 Å². The Kier molecular flexibility index (Phi) is 3.63. The highest BCUT2D eigenvalue weighted by atomic mass is 16.3. The van der Waals surface area contributed by atoms with Gasteiger partial charge in [0.2, 0.25) is 5.91 Å². The Morgan fingerprint density at radius 1 is 1.29 bits per heavy atom. The molecule has 24 heavy (non-hydrogen) atoms. The van der Waals surface area contributed by atoms with E-state index < -0.39 is 0 Å². The molecule has 0 radical (unpaired) electrons. The summed E-state index contributed by atoms with van der Waals surface area (Å²) in [7, 11) is 0. The second kappa shape index (κ2) is 5.82. The van der Waals surface area contributed by atoms with Gasteiger partial charge in [-0.05, 0) is 54.7 Å². The van der Waals surface area contributed by atoms with Gasteiger partial charge in [-0.2, -0.15) is 5.10 Å². The summed E-state index contributed by atoms with van der Waals surface area (Å²) >= 11 is 0. The first-order chi connectivity index (χ1) is 11.6. The highest BCUT2D eigenvalue weighted by Gasteiger charge is 2.45. The number of fused-ring (bicyclic) bond motifs is 1. The van der Waals surface area contributed by atoms with Crippen LogP contribution in [0.2, 0.25) is 0 Å². The van der Waals surface area contributed by atoms with E-state index in [1.54, 1.807) is 24.5 Å². The molecule has 1 amide bonds. The molecule has 3 heterocycles. The van der Waals surface area contributed by atoms with Gasteiger partial charge in [0.25, 0.3) is 0 Å². The van der Waals surface area contributed by atoms with Crippen LogP contribution < -0.4 is 0 Å². The summed E-state index contributed by atoms with van der Waals surface area (Å²) in [5.74, 6) is 2.21. The standard InChI is InChI=1S/C19H20N2O3/c1-12-9-14(11-15-5-3-7-23-15)18-16(10-12)19(17-6-4-8-24-17)21(20-18)13(2)22/h3-8,11-12,16,19H,9-10H2,1-2H3/b14-11-/t12-,16-,19-/m0/s1. The lowest BCUT2D eigenvalue weighted by Crippen LogP contribution is -2.32. The maximum Gasteiger partial charge on any atom is 0.240 e. The maximum atomic E-state index is 12.1. The lowest BCUT2D eigenvalue weighted by Gasteiger charge is -2.30. The van der Waals surface area contributed by atoms with Crippen molar-refractivity contribution >= 4 is 17.7 Å². The van der Waals surface area contributed by atoms with Gasteiger partial charge in [0, 0.05) is 12.8 Å². The Bertz CT molecular complexity index is 787. The third kappa shape index (κ3) is 2.50. The number of furan rings is 2. The molecule has 1 fully saturated rings. The minimum atomic E-state index is -0.157. The van der Waals surface area contributed by atoms with Crippen molar-refractivity contribution in [3.05, 3.63) is 53.9 Å². The smallest absolute Gasteiger partial charge is 0.240 e. The van der Waals surface area contributed by atoms with E-state index >= 15 is 0 Å². The summed E-state index contributed by atoms with van der Waals surface area (Å²) in [6.07, 6.45) is 7.29. The van der Waals surface area contributed by atoms with Gasteiger partial charge in [-0.15, -0.1) is 0 Å². The number of rotatable bonds is 2. The third-order valence-electron chi connectivity index (χ3n) is 4.78. The largest absolute Gasteiger partial charge is 0.467 e. The number of allylic oxidation sites excluding steroid dienone is 1. The topological polar surface area (TPSA) is 59.0 Å². The molecule has 0 N–H and O–H groups in total. The van der Waals surface area contributed by atoms with Crippen molar-refractivity contribution in [1.82, 2.24) is 5.01 Å². The quantitative estimate of drug-likeness (QED) is 0.829. The van der Waals surface area contributed by atoms with E-state index in [1.807, 2.05) is 30.3 Å². The monoisotopic (exact) mass is 324 g/mol. The Labute approximate surface area is 140 Å². The van der Waals surface area contributed by atoms with E-state index in [1.165, 1.54) is 0 Å². The highest BCUT2D eigenvalue weighted by molar-refractivity contribution is 6.07. The average Bonchev–Trinajstić information content (AvgIpc) is 3.26. The second-order valence-corrected chi connectivity index (χ2v) is 6.65. The predicted octanol–water partition coefficient (Wildman–Crippen LogP) is 4.26. The van der Waals surface area contributed by atoms with Crippen molar-refractivity contribution < 1.29 is 13.6 Å².